The molecular formula is C21H32N4O2. The highest BCUT2D eigenvalue weighted by molar-refractivity contribution is 5.36. The minimum Gasteiger partial charge on any atom is -0.496 e. The van der Waals surface area contributed by atoms with Crippen LogP contribution in [0.3, 0.4) is 0 Å². The van der Waals surface area contributed by atoms with Gasteiger partial charge in [0.15, 0.2) is 0 Å². The van der Waals surface area contributed by atoms with Crippen LogP contribution in [0, 0.1) is 6.92 Å². The Labute approximate surface area is 162 Å². The summed E-state index contributed by atoms with van der Waals surface area (Å²) < 4.78 is 7.57. The number of rotatable bonds is 8. The van der Waals surface area contributed by atoms with E-state index in [4.69, 9.17) is 4.74 Å². The maximum atomic E-state index is 9.56. The Morgan fingerprint density at radius 1 is 1.26 bits per heavy atom. The van der Waals surface area contributed by atoms with Crippen LogP contribution in [0.5, 0.6) is 5.75 Å². The van der Waals surface area contributed by atoms with Gasteiger partial charge in [0.05, 0.1) is 13.7 Å². The summed E-state index contributed by atoms with van der Waals surface area (Å²) in [6, 6.07) is 6.76. The van der Waals surface area contributed by atoms with E-state index in [0.29, 0.717) is 6.04 Å². The van der Waals surface area contributed by atoms with Crippen molar-refractivity contribution in [2.45, 2.75) is 45.9 Å². The fourth-order valence-electron chi connectivity index (χ4n) is 3.98. The predicted molar refractivity (Wildman–Crippen MR) is 107 cm³/mol. The second-order valence-electron chi connectivity index (χ2n) is 7.31. The van der Waals surface area contributed by atoms with Crippen molar-refractivity contribution in [1.82, 2.24) is 19.4 Å². The molecule has 1 saturated heterocycles. The Kier molecular flexibility index (Phi) is 6.88. The van der Waals surface area contributed by atoms with Crippen LogP contribution in [-0.4, -0.2) is 63.9 Å². The summed E-state index contributed by atoms with van der Waals surface area (Å²) in [5.41, 5.74) is 2.46. The number of aromatic nitrogens is 2. The molecule has 1 unspecified atom stereocenters. The number of hydrogen-bond acceptors (Lipinski definition) is 5. The van der Waals surface area contributed by atoms with Gasteiger partial charge >= 0.3 is 0 Å². The maximum absolute atomic E-state index is 9.56. The van der Waals surface area contributed by atoms with E-state index < -0.39 is 0 Å². The number of nitrogens with zero attached hydrogens (tertiary/aromatic N) is 4. The van der Waals surface area contributed by atoms with E-state index in [0.717, 1.165) is 57.3 Å². The van der Waals surface area contributed by atoms with Crippen LogP contribution in [0.1, 0.15) is 30.3 Å². The lowest BCUT2D eigenvalue weighted by Gasteiger charge is -2.41. The molecule has 0 spiro atoms. The average Bonchev–Trinajstić information content (AvgIpc) is 3.11. The molecule has 1 atom stereocenters. The normalized spacial score (nSPS) is 18.7. The number of imidazole rings is 1. The minimum absolute atomic E-state index is 0.222. The summed E-state index contributed by atoms with van der Waals surface area (Å²) in [6.45, 7) is 10.2. The lowest BCUT2D eigenvalue weighted by atomic mass is 10.1. The van der Waals surface area contributed by atoms with Crippen LogP contribution < -0.4 is 4.74 Å². The quantitative estimate of drug-likeness (QED) is 0.771. The van der Waals surface area contributed by atoms with Crippen molar-refractivity contribution >= 4 is 0 Å². The third kappa shape index (κ3) is 4.89. The van der Waals surface area contributed by atoms with E-state index in [9.17, 15) is 5.11 Å². The first-order valence-corrected chi connectivity index (χ1v) is 9.85. The number of aliphatic hydroxyl groups excluding tert-OH is 1. The van der Waals surface area contributed by atoms with Crippen LogP contribution in [0.15, 0.2) is 30.6 Å². The Hall–Kier alpha value is -1.89. The third-order valence-electron chi connectivity index (χ3n) is 5.50. The molecule has 6 nitrogen and oxygen atoms in total. The molecule has 1 aliphatic rings. The summed E-state index contributed by atoms with van der Waals surface area (Å²) in [7, 11) is 1.71. The molecule has 0 radical (unpaired) electrons. The largest absolute Gasteiger partial charge is 0.496 e. The van der Waals surface area contributed by atoms with Crippen molar-refractivity contribution in [2.24, 2.45) is 0 Å². The molecule has 1 fully saturated rings. The smallest absolute Gasteiger partial charge is 0.122 e. The zero-order valence-electron chi connectivity index (χ0n) is 16.8. The molecule has 0 amide bonds. The lowest BCUT2D eigenvalue weighted by molar-refractivity contribution is 0.0482. The molecular weight excluding hydrogens is 340 g/mol. The maximum Gasteiger partial charge on any atom is 0.122 e. The SMILES string of the molecule is CCn1ccnc1CN1CCN(Cc2ccc(OC)c(C)c2)C(CCO)C1. The van der Waals surface area contributed by atoms with Gasteiger partial charge in [-0.25, -0.2) is 4.98 Å². The van der Waals surface area contributed by atoms with E-state index in [2.05, 4.69) is 45.3 Å². The van der Waals surface area contributed by atoms with E-state index in [-0.39, 0.29) is 6.61 Å². The zero-order valence-corrected chi connectivity index (χ0v) is 16.8. The van der Waals surface area contributed by atoms with Crippen molar-refractivity contribution in [2.75, 3.05) is 33.4 Å². The molecule has 0 saturated carbocycles. The van der Waals surface area contributed by atoms with Crippen molar-refractivity contribution in [3.8, 4) is 5.75 Å². The number of aryl methyl sites for hydroxylation is 2. The van der Waals surface area contributed by atoms with Gasteiger partial charge in [-0.1, -0.05) is 12.1 Å². The summed E-state index contributed by atoms with van der Waals surface area (Å²) in [5.74, 6) is 2.06. The summed E-state index contributed by atoms with van der Waals surface area (Å²) >= 11 is 0. The number of methoxy groups -OCH3 is 1. The monoisotopic (exact) mass is 372 g/mol. The molecule has 148 valence electrons. The second kappa shape index (κ2) is 9.35. The van der Waals surface area contributed by atoms with Gasteiger partial charge in [-0.2, -0.15) is 0 Å². The average molecular weight is 373 g/mol. The van der Waals surface area contributed by atoms with Gasteiger partial charge in [-0.3, -0.25) is 9.80 Å². The molecule has 0 bridgehead atoms. The Balaban J connectivity index is 1.64. The van der Waals surface area contributed by atoms with Crippen LogP contribution in [0.2, 0.25) is 0 Å². The van der Waals surface area contributed by atoms with Gasteiger partial charge < -0.3 is 14.4 Å². The number of hydrogen-bond donors (Lipinski definition) is 1. The Morgan fingerprint density at radius 3 is 2.81 bits per heavy atom. The van der Waals surface area contributed by atoms with Gasteiger partial charge in [0.2, 0.25) is 0 Å². The lowest BCUT2D eigenvalue weighted by Crippen LogP contribution is -2.52. The highest BCUT2D eigenvalue weighted by Gasteiger charge is 2.27. The summed E-state index contributed by atoms with van der Waals surface area (Å²) in [6.07, 6.45) is 4.73. The summed E-state index contributed by atoms with van der Waals surface area (Å²) in [4.78, 5) is 9.47. The van der Waals surface area contributed by atoms with E-state index in [1.807, 2.05) is 18.5 Å². The van der Waals surface area contributed by atoms with Gasteiger partial charge in [0, 0.05) is 57.8 Å². The summed E-state index contributed by atoms with van der Waals surface area (Å²) in [5, 5.41) is 9.56. The number of piperazine rings is 1. The van der Waals surface area contributed by atoms with E-state index in [1.165, 1.54) is 11.1 Å². The minimum atomic E-state index is 0.222. The van der Waals surface area contributed by atoms with Crippen LogP contribution in [0.25, 0.3) is 0 Å². The van der Waals surface area contributed by atoms with E-state index >= 15 is 0 Å². The fraction of sp³-hybridized carbons (Fsp3) is 0.571. The molecule has 3 rings (SSSR count). The fourth-order valence-corrected chi connectivity index (χ4v) is 3.98. The Bertz CT molecular complexity index is 731. The first-order valence-electron chi connectivity index (χ1n) is 9.85. The molecule has 1 aromatic carbocycles. The van der Waals surface area contributed by atoms with Crippen molar-refractivity contribution < 1.29 is 9.84 Å². The van der Waals surface area contributed by atoms with Crippen molar-refractivity contribution in [3.63, 3.8) is 0 Å². The number of aliphatic hydroxyl groups is 1. The molecule has 2 heterocycles. The van der Waals surface area contributed by atoms with Crippen LogP contribution in [0.4, 0.5) is 0 Å². The highest BCUT2D eigenvalue weighted by Crippen LogP contribution is 2.22. The topological polar surface area (TPSA) is 53.8 Å². The molecule has 2 aromatic rings. The molecule has 27 heavy (non-hydrogen) atoms. The molecule has 1 aliphatic heterocycles. The van der Waals surface area contributed by atoms with Gasteiger partial charge in [-0.15, -0.1) is 0 Å². The number of ether oxygens (including phenoxy) is 1. The van der Waals surface area contributed by atoms with Gasteiger partial charge in [-0.05, 0) is 37.5 Å². The first kappa shape index (κ1) is 19.9. The van der Waals surface area contributed by atoms with Crippen molar-refractivity contribution in [1.29, 1.82) is 0 Å². The standard InChI is InChI=1S/C21H32N4O2/c1-4-24-9-8-22-21(24)16-23-10-11-25(19(15-23)7-12-26)14-18-5-6-20(27-3)17(2)13-18/h5-6,8-9,13,19,26H,4,7,10-12,14-16H2,1-3H3. The molecule has 1 aromatic heterocycles. The predicted octanol–water partition coefficient (Wildman–Crippen LogP) is 2.29. The van der Waals surface area contributed by atoms with Crippen LogP contribution >= 0.6 is 0 Å². The number of benzene rings is 1. The zero-order chi connectivity index (χ0) is 19.2. The molecule has 1 N–H and O–H groups in total. The second-order valence-corrected chi connectivity index (χ2v) is 7.31. The molecule has 6 heteroatoms. The van der Waals surface area contributed by atoms with Crippen LogP contribution in [-0.2, 0) is 19.6 Å². The van der Waals surface area contributed by atoms with E-state index in [1.54, 1.807) is 7.11 Å². The van der Waals surface area contributed by atoms with Gasteiger partial charge in [0.25, 0.3) is 0 Å². The Morgan fingerprint density at radius 2 is 2.11 bits per heavy atom. The molecule has 0 aliphatic carbocycles. The third-order valence-corrected chi connectivity index (χ3v) is 5.50. The van der Waals surface area contributed by atoms with Gasteiger partial charge in [0.1, 0.15) is 11.6 Å². The highest BCUT2D eigenvalue weighted by atomic mass is 16.5. The van der Waals surface area contributed by atoms with Crippen molar-refractivity contribution in [3.05, 3.63) is 47.5 Å². The first-order chi connectivity index (χ1) is 13.1.